The molecule has 7 nitrogen and oxygen atoms in total. The Bertz CT molecular complexity index is 1120. The Kier molecular flexibility index (Phi) is 5.53. The summed E-state index contributed by atoms with van der Waals surface area (Å²) in [5.41, 5.74) is 7.53. The number of carbonyl (C=O) groups excluding carboxylic acids is 1. The second-order valence-corrected chi connectivity index (χ2v) is 8.32. The number of carbonyl (C=O) groups is 1. The van der Waals surface area contributed by atoms with E-state index in [4.69, 9.17) is 15.6 Å². The minimum Gasteiger partial charge on any atom is -0.457 e. The first-order valence-corrected chi connectivity index (χ1v) is 11.0. The molecular formula is C24H26FN5O2. The van der Waals surface area contributed by atoms with Crippen molar-refractivity contribution >= 4 is 11.6 Å². The summed E-state index contributed by atoms with van der Waals surface area (Å²) in [6.45, 7) is 2.69. The van der Waals surface area contributed by atoms with Crippen molar-refractivity contribution in [1.29, 1.82) is 0 Å². The first kappa shape index (κ1) is 20.5. The highest BCUT2D eigenvalue weighted by Crippen LogP contribution is 2.42. The van der Waals surface area contributed by atoms with E-state index >= 15 is 4.39 Å². The van der Waals surface area contributed by atoms with Crippen molar-refractivity contribution in [2.75, 3.05) is 25.0 Å². The number of ether oxygens (including phenoxy) is 1. The van der Waals surface area contributed by atoms with Gasteiger partial charge >= 0.3 is 0 Å². The Hall–Kier alpha value is -3.39. The number of anilines is 1. The summed E-state index contributed by atoms with van der Waals surface area (Å²) < 4.78 is 22.3. The van der Waals surface area contributed by atoms with Crippen LogP contribution in [0.15, 0.2) is 48.5 Å². The zero-order chi connectivity index (χ0) is 22.1. The largest absolute Gasteiger partial charge is 0.457 e. The monoisotopic (exact) mass is 435 g/mol. The maximum Gasteiger partial charge on any atom is 0.269 e. The average Bonchev–Trinajstić information content (AvgIpc) is 3.20. The standard InChI is InChI=1S/C24H26FN5O2/c25-19-14-17(32-16-4-2-1-3-5-16)6-7-20(19)30-23(24(26)31)22-21(29-30)18(10-13-28-22)15-8-11-27-12-9-15/h1-7,14-15,18,27-28H,8-13H2,(H2,26,31). The maximum atomic E-state index is 15.2. The van der Waals surface area contributed by atoms with E-state index < -0.39 is 11.7 Å². The summed E-state index contributed by atoms with van der Waals surface area (Å²) >= 11 is 0. The van der Waals surface area contributed by atoms with E-state index in [-0.39, 0.29) is 17.3 Å². The number of piperidine rings is 1. The zero-order valence-electron chi connectivity index (χ0n) is 17.7. The minimum absolute atomic E-state index is 0.166. The molecule has 1 unspecified atom stereocenters. The van der Waals surface area contributed by atoms with Crippen LogP contribution in [0.2, 0.25) is 0 Å². The van der Waals surface area contributed by atoms with Gasteiger partial charge in [0.15, 0.2) is 11.5 Å². The van der Waals surface area contributed by atoms with Gasteiger partial charge in [-0.15, -0.1) is 0 Å². The summed E-state index contributed by atoms with van der Waals surface area (Å²) in [6.07, 6.45) is 3.05. The van der Waals surface area contributed by atoms with Gasteiger partial charge in [0, 0.05) is 18.5 Å². The number of amides is 1. The van der Waals surface area contributed by atoms with Crippen LogP contribution in [0.25, 0.3) is 5.69 Å². The molecule has 1 fully saturated rings. The molecule has 0 aliphatic carbocycles. The molecule has 3 heterocycles. The van der Waals surface area contributed by atoms with Crippen LogP contribution in [-0.2, 0) is 0 Å². The van der Waals surface area contributed by atoms with E-state index in [1.807, 2.05) is 18.2 Å². The quantitative estimate of drug-likeness (QED) is 0.567. The average molecular weight is 436 g/mol. The molecule has 32 heavy (non-hydrogen) atoms. The minimum atomic E-state index is -0.638. The van der Waals surface area contributed by atoms with E-state index in [0.29, 0.717) is 23.1 Å². The van der Waals surface area contributed by atoms with Gasteiger partial charge in [-0.05, 0) is 62.5 Å². The predicted octanol–water partition coefficient (Wildman–Crippen LogP) is 3.80. The Balaban J connectivity index is 1.52. The zero-order valence-corrected chi connectivity index (χ0v) is 17.7. The van der Waals surface area contributed by atoms with Crippen LogP contribution >= 0.6 is 0 Å². The second kappa shape index (κ2) is 8.63. The number of hydrogen-bond acceptors (Lipinski definition) is 5. The van der Waals surface area contributed by atoms with Crippen LogP contribution in [0.4, 0.5) is 10.1 Å². The topological polar surface area (TPSA) is 94.2 Å². The third kappa shape index (κ3) is 3.82. The van der Waals surface area contributed by atoms with Crippen LogP contribution in [0.5, 0.6) is 11.5 Å². The number of halogens is 1. The molecule has 3 aromatic rings. The van der Waals surface area contributed by atoms with Gasteiger partial charge in [0.2, 0.25) is 0 Å². The third-order valence-corrected chi connectivity index (χ3v) is 6.33. The van der Waals surface area contributed by atoms with Crippen LogP contribution in [0.3, 0.4) is 0 Å². The molecule has 2 aromatic carbocycles. The van der Waals surface area contributed by atoms with Gasteiger partial charge in [-0.2, -0.15) is 5.10 Å². The number of para-hydroxylation sites is 1. The SMILES string of the molecule is NC(=O)c1c2c(nn1-c1ccc(Oc3ccccc3)cc1F)C(C1CCNCC1)CCN2. The lowest BCUT2D eigenvalue weighted by molar-refractivity contribution is 0.0993. The van der Waals surface area contributed by atoms with Gasteiger partial charge in [0.05, 0.1) is 11.4 Å². The van der Waals surface area contributed by atoms with Gasteiger partial charge in [-0.3, -0.25) is 4.79 Å². The van der Waals surface area contributed by atoms with E-state index in [2.05, 4.69) is 10.6 Å². The van der Waals surface area contributed by atoms with Gasteiger partial charge in [0.25, 0.3) is 5.91 Å². The molecule has 1 atom stereocenters. The normalized spacial score (nSPS) is 18.6. The number of primary amides is 1. The van der Waals surface area contributed by atoms with E-state index in [9.17, 15) is 4.79 Å². The highest BCUT2D eigenvalue weighted by Gasteiger charge is 2.35. The number of aromatic nitrogens is 2. The molecule has 1 amide bonds. The molecule has 0 saturated carbocycles. The lowest BCUT2D eigenvalue weighted by Gasteiger charge is -2.33. The predicted molar refractivity (Wildman–Crippen MR) is 120 cm³/mol. The molecule has 1 aromatic heterocycles. The Labute approximate surface area is 185 Å². The highest BCUT2D eigenvalue weighted by atomic mass is 19.1. The molecular weight excluding hydrogens is 409 g/mol. The Morgan fingerprint density at radius 1 is 1.06 bits per heavy atom. The van der Waals surface area contributed by atoms with E-state index in [0.717, 1.165) is 44.6 Å². The molecule has 0 spiro atoms. The number of hydrogen-bond donors (Lipinski definition) is 3. The summed E-state index contributed by atoms with van der Waals surface area (Å²) in [4.78, 5) is 12.4. The fraction of sp³-hybridized carbons (Fsp3) is 0.333. The fourth-order valence-corrected chi connectivity index (χ4v) is 4.81. The molecule has 4 N–H and O–H groups in total. The third-order valence-electron chi connectivity index (χ3n) is 6.33. The molecule has 5 rings (SSSR count). The van der Waals surface area contributed by atoms with E-state index in [1.165, 1.54) is 10.7 Å². The number of nitrogens with one attached hydrogen (secondary N) is 2. The molecule has 8 heteroatoms. The van der Waals surface area contributed by atoms with Crippen molar-refractivity contribution in [3.8, 4) is 17.2 Å². The number of fused-ring (bicyclic) bond motifs is 1. The molecule has 2 aliphatic rings. The Morgan fingerprint density at radius 3 is 2.56 bits per heavy atom. The number of nitrogens with zero attached hydrogens (tertiary/aromatic N) is 2. The van der Waals surface area contributed by atoms with Crippen molar-refractivity contribution in [2.45, 2.75) is 25.2 Å². The summed E-state index contributed by atoms with van der Waals surface area (Å²) in [5.74, 6) is 0.492. The summed E-state index contributed by atoms with van der Waals surface area (Å²) in [7, 11) is 0. The lowest BCUT2D eigenvalue weighted by Crippen LogP contribution is -2.33. The van der Waals surface area contributed by atoms with Gasteiger partial charge in [-0.25, -0.2) is 9.07 Å². The first-order chi connectivity index (χ1) is 15.6. The molecule has 1 saturated heterocycles. The molecule has 2 aliphatic heterocycles. The van der Waals surface area contributed by atoms with Crippen molar-refractivity contribution in [3.05, 3.63) is 65.7 Å². The van der Waals surface area contributed by atoms with Gasteiger partial charge in [-0.1, -0.05) is 18.2 Å². The number of benzene rings is 2. The van der Waals surface area contributed by atoms with Gasteiger partial charge < -0.3 is 21.1 Å². The van der Waals surface area contributed by atoms with Crippen LogP contribution < -0.4 is 21.1 Å². The van der Waals surface area contributed by atoms with Gasteiger partial charge in [0.1, 0.15) is 17.2 Å². The van der Waals surface area contributed by atoms with Crippen molar-refractivity contribution < 1.29 is 13.9 Å². The molecule has 0 radical (unpaired) electrons. The fourth-order valence-electron chi connectivity index (χ4n) is 4.81. The Morgan fingerprint density at radius 2 is 1.84 bits per heavy atom. The second-order valence-electron chi connectivity index (χ2n) is 8.32. The first-order valence-electron chi connectivity index (χ1n) is 11.0. The maximum absolute atomic E-state index is 15.2. The van der Waals surface area contributed by atoms with Crippen LogP contribution in [0, 0.1) is 11.7 Å². The summed E-state index contributed by atoms with van der Waals surface area (Å²) in [6, 6.07) is 13.7. The smallest absolute Gasteiger partial charge is 0.269 e. The van der Waals surface area contributed by atoms with Crippen molar-refractivity contribution in [3.63, 3.8) is 0 Å². The highest BCUT2D eigenvalue weighted by molar-refractivity contribution is 5.98. The van der Waals surface area contributed by atoms with Crippen LogP contribution in [-0.4, -0.2) is 35.3 Å². The lowest BCUT2D eigenvalue weighted by atomic mass is 9.79. The summed E-state index contributed by atoms with van der Waals surface area (Å²) in [5, 5.41) is 11.4. The number of rotatable bonds is 5. The van der Waals surface area contributed by atoms with Crippen molar-refractivity contribution in [2.24, 2.45) is 11.7 Å². The van der Waals surface area contributed by atoms with Crippen molar-refractivity contribution in [1.82, 2.24) is 15.1 Å². The molecule has 166 valence electrons. The number of nitrogens with two attached hydrogens (primary N) is 1. The molecule has 0 bridgehead atoms. The van der Waals surface area contributed by atoms with E-state index in [1.54, 1.807) is 24.3 Å². The van der Waals surface area contributed by atoms with Crippen LogP contribution in [0.1, 0.15) is 41.4 Å².